The molecule has 2 N–H and O–H groups in total. The zero-order valence-electron chi connectivity index (χ0n) is 7.34. The van der Waals surface area contributed by atoms with Gasteiger partial charge in [-0.1, -0.05) is 0 Å². The third kappa shape index (κ3) is 3.32. The third-order valence-corrected chi connectivity index (χ3v) is 1.85. The van der Waals surface area contributed by atoms with E-state index in [0.29, 0.717) is 0 Å². The number of halogens is 1. The quantitative estimate of drug-likeness (QED) is 0.843. The fourth-order valence-corrected chi connectivity index (χ4v) is 1.49. The molecule has 0 aliphatic heterocycles. The van der Waals surface area contributed by atoms with E-state index in [9.17, 15) is 0 Å². The van der Waals surface area contributed by atoms with Crippen LogP contribution in [0.15, 0.2) is 22.9 Å². The van der Waals surface area contributed by atoms with Crippen LogP contribution in [0.25, 0.3) is 0 Å². The van der Waals surface area contributed by atoms with E-state index in [1.54, 1.807) is 6.20 Å². The summed E-state index contributed by atoms with van der Waals surface area (Å²) in [5.74, 6) is 0. The van der Waals surface area contributed by atoms with Crippen molar-refractivity contribution >= 4 is 15.9 Å². The molecule has 0 unspecified atom stereocenters. The van der Waals surface area contributed by atoms with Crippen molar-refractivity contribution in [1.29, 1.82) is 0 Å². The number of hydrogen-bond donors (Lipinski definition) is 1. The fourth-order valence-electron chi connectivity index (χ4n) is 1.08. The maximum atomic E-state index is 5.87. The SMILES string of the molecule is CC(C)(N)Cc1cncc(Br)c1. The molecule has 0 bridgehead atoms. The van der Waals surface area contributed by atoms with E-state index in [-0.39, 0.29) is 5.54 Å². The predicted molar refractivity (Wildman–Crippen MR) is 53.9 cm³/mol. The molecule has 1 heterocycles. The van der Waals surface area contributed by atoms with Crippen molar-refractivity contribution in [2.45, 2.75) is 25.8 Å². The van der Waals surface area contributed by atoms with Gasteiger partial charge in [0, 0.05) is 22.4 Å². The Balaban J connectivity index is 2.77. The zero-order chi connectivity index (χ0) is 9.19. The topological polar surface area (TPSA) is 38.9 Å². The number of nitrogens with two attached hydrogens (primary N) is 1. The maximum absolute atomic E-state index is 5.87. The van der Waals surface area contributed by atoms with Crippen molar-refractivity contribution in [3.63, 3.8) is 0 Å². The van der Waals surface area contributed by atoms with Gasteiger partial charge in [-0.05, 0) is 47.8 Å². The molecule has 0 aliphatic carbocycles. The van der Waals surface area contributed by atoms with Crippen LogP contribution < -0.4 is 5.73 Å². The van der Waals surface area contributed by atoms with Gasteiger partial charge in [-0.25, -0.2) is 0 Å². The highest BCUT2D eigenvalue weighted by molar-refractivity contribution is 9.10. The van der Waals surface area contributed by atoms with Gasteiger partial charge in [0.1, 0.15) is 0 Å². The Morgan fingerprint density at radius 2 is 2.17 bits per heavy atom. The Hall–Kier alpha value is -0.410. The molecule has 66 valence electrons. The summed E-state index contributed by atoms with van der Waals surface area (Å²) in [6, 6.07) is 2.04. The Morgan fingerprint density at radius 3 is 2.67 bits per heavy atom. The Morgan fingerprint density at radius 1 is 1.50 bits per heavy atom. The lowest BCUT2D eigenvalue weighted by molar-refractivity contribution is 0.516. The van der Waals surface area contributed by atoms with Crippen LogP contribution in [-0.4, -0.2) is 10.5 Å². The lowest BCUT2D eigenvalue weighted by atomic mass is 9.98. The van der Waals surface area contributed by atoms with E-state index in [1.165, 1.54) is 0 Å². The summed E-state index contributed by atoms with van der Waals surface area (Å²) in [7, 11) is 0. The fraction of sp³-hybridized carbons (Fsp3) is 0.444. The molecular weight excluding hydrogens is 216 g/mol. The molecule has 12 heavy (non-hydrogen) atoms. The zero-order valence-corrected chi connectivity index (χ0v) is 8.93. The van der Waals surface area contributed by atoms with Gasteiger partial charge < -0.3 is 5.73 Å². The van der Waals surface area contributed by atoms with Crippen molar-refractivity contribution in [3.05, 3.63) is 28.5 Å². The van der Waals surface area contributed by atoms with Gasteiger partial charge >= 0.3 is 0 Å². The first-order chi connectivity index (χ1) is 5.47. The van der Waals surface area contributed by atoms with Crippen molar-refractivity contribution in [1.82, 2.24) is 4.98 Å². The summed E-state index contributed by atoms with van der Waals surface area (Å²) in [6.45, 7) is 4.02. The summed E-state index contributed by atoms with van der Waals surface area (Å²) < 4.78 is 1.00. The van der Waals surface area contributed by atoms with Crippen LogP contribution in [0.4, 0.5) is 0 Å². The number of nitrogens with zero attached hydrogens (tertiary/aromatic N) is 1. The Labute approximate surface area is 81.3 Å². The van der Waals surface area contributed by atoms with Gasteiger partial charge in [0.15, 0.2) is 0 Å². The summed E-state index contributed by atoms with van der Waals surface area (Å²) in [5, 5.41) is 0. The van der Waals surface area contributed by atoms with E-state index in [1.807, 2.05) is 26.1 Å². The Bertz CT molecular complexity index is 265. The molecule has 1 aromatic heterocycles. The van der Waals surface area contributed by atoms with Crippen LogP contribution >= 0.6 is 15.9 Å². The minimum Gasteiger partial charge on any atom is -0.325 e. The standard InChI is InChI=1S/C9H13BrN2/c1-9(2,11)4-7-3-8(10)6-12-5-7/h3,5-6H,4,11H2,1-2H3. The largest absolute Gasteiger partial charge is 0.325 e. The molecule has 0 spiro atoms. The van der Waals surface area contributed by atoms with Gasteiger partial charge in [-0.3, -0.25) is 4.98 Å². The molecule has 1 rings (SSSR count). The van der Waals surface area contributed by atoms with Crippen LogP contribution in [0.3, 0.4) is 0 Å². The Kier molecular flexibility index (Phi) is 2.85. The average Bonchev–Trinajstić information content (AvgIpc) is 1.82. The van der Waals surface area contributed by atoms with Gasteiger partial charge in [-0.15, -0.1) is 0 Å². The van der Waals surface area contributed by atoms with E-state index in [4.69, 9.17) is 5.73 Å². The van der Waals surface area contributed by atoms with Crippen molar-refractivity contribution in [2.24, 2.45) is 5.73 Å². The second-order valence-corrected chi connectivity index (χ2v) is 4.59. The summed E-state index contributed by atoms with van der Waals surface area (Å²) in [5.41, 5.74) is 6.87. The first-order valence-electron chi connectivity index (χ1n) is 3.86. The smallest absolute Gasteiger partial charge is 0.0410 e. The summed E-state index contributed by atoms with van der Waals surface area (Å²) >= 11 is 3.37. The highest BCUT2D eigenvalue weighted by atomic mass is 79.9. The summed E-state index contributed by atoms with van der Waals surface area (Å²) in [4.78, 5) is 4.07. The molecule has 0 fully saturated rings. The maximum Gasteiger partial charge on any atom is 0.0410 e. The van der Waals surface area contributed by atoms with Crippen molar-refractivity contribution < 1.29 is 0 Å². The molecule has 0 amide bonds. The molecule has 0 saturated carbocycles. The van der Waals surface area contributed by atoms with Crippen molar-refractivity contribution in [3.8, 4) is 0 Å². The molecule has 0 atom stereocenters. The lowest BCUT2D eigenvalue weighted by Gasteiger charge is -2.17. The summed E-state index contributed by atoms with van der Waals surface area (Å²) in [6.07, 6.45) is 4.46. The van der Waals surface area contributed by atoms with Crippen LogP contribution in [0.1, 0.15) is 19.4 Å². The molecule has 1 aromatic rings. The molecular formula is C9H13BrN2. The second kappa shape index (κ2) is 3.54. The van der Waals surface area contributed by atoms with E-state index < -0.39 is 0 Å². The molecule has 3 heteroatoms. The number of rotatable bonds is 2. The van der Waals surface area contributed by atoms with E-state index in [2.05, 4.69) is 20.9 Å². The van der Waals surface area contributed by atoms with Crippen LogP contribution in [0.2, 0.25) is 0 Å². The highest BCUT2D eigenvalue weighted by Gasteiger charge is 2.11. The van der Waals surface area contributed by atoms with Crippen LogP contribution in [0.5, 0.6) is 0 Å². The number of hydrogen-bond acceptors (Lipinski definition) is 2. The monoisotopic (exact) mass is 228 g/mol. The van der Waals surface area contributed by atoms with E-state index >= 15 is 0 Å². The lowest BCUT2D eigenvalue weighted by Crippen LogP contribution is -2.34. The van der Waals surface area contributed by atoms with Crippen molar-refractivity contribution in [2.75, 3.05) is 0 Å². The predicted octanol–water partition coefficient (Wildman–Crippen LogP) is 2.12. The average molecular weight is 229 g/mol. The molecule has 0 aromatic carbocycles. The molecule has 0 radical (unpaired) electrons. The number of aromatic nitrogens is 1. The van der Waals surface area contributed by atoms with Gasteiger partial charge in [0.25, 0.3) is 0 Å². The van der Waals surface area contributed by atoms with Crippen LogP contribution in [-0.2, 0) is 6.42 Å². The van der Waals surface area contributed by atoms with Gasteiger partial charge in [0.05, 0.1) is 0 Å². The first kappa shape index (κ1) is 9.68. The minimum absolute atomic E-state index is 0.164. The first-order valence-corrected chi connectivity index (χ1v) is 4.65. The molecule has 0 aliphatic rings. The normalized spacial score (nSPS) is 11.7. The number of pyridine rings is 1. The van der Waals surface area contributed by atoms with Crippen LogP contribution in [0, 0.1) is 0 Å². The van der Waals surface area contributed by atoms with Gasteiger partial charge in [0.2, 0.25) is 0 Å². The molecule has 2 nitrogen and oxygen atoms in total. The van der Waals surface area contributed by atoms with E-state index in [0.717, 1.165) is 16.5 Å². The molecule has 0 saturated heterocycles. The minimum atomic E-state index is -0.164. The second-order valence-electron chi connectivity index (χ2n) is 3.68. The highest BCUT2D eigenvalue weighted by Crippen LogP contribution is 2.13. The van der Waals surface area contributed by atoms with Gasteiger partial charge in [-0.2, -0.15) is 0 Å². The third-order valence-electron chi connectivity index (χ3n) is 1.42.